The Morgan fingerprint density at radius 1 is 1.53 bits per heavy atom. The number of hydrogen-bond donors (Lipinski definition) is 2. The Balaban J connectivity index is 2.85. The van der Waals surface area contributed by atoms with Crippen molar-refractivity contribution in [1.82, 2.24) is 5.32 Å². The fourth-order valence-electron chi connectivity index (χ4n) is 1.79. The van der Waals surface area contributed by atoms with E-state index in [-0.39, 0.29) is 12.2 Å². The van der Waals surface area contributed by atoms with Gasteiger partial charge in [-0.05, 0) is 31.2 Å². The molecule has 1 aromatic carbocycles. The van der Waals surface area contributed by atoms with Crippen LogP contribution in [-0.4, -0.2) is 43.9 Å². The summed E-state index contributed by atoms with van der Waals surface area (Å²) in [6.07, 6.45) is -0.631. The van der Waals surface area contributed by atoms with Gasteiger partial charge in [-0.2, -0.15) is 0 Å². The van der Waals surface area contributed by atoms with Gasteiger partial charge in [-0.3, -0.25) is 4.79 Å². The van der Waals surface area contributed by atoms with Gasteiger partial charge in [0.2, 0.25) is 6.10 Å². The highest BCUT2D eigenvalue weighted by molar-refractivity contribution is 5.76. The minimum absolute atomic E-state index is 0.137. The number of phenols is 1. The molecule has 0 spiro atoms. The normalized spacial score (nSPS) is 13.4. The molecule has 2 N–H and O–H groups in total. The first-order chi connectivity index (χ1) is 9.12. The van der Waals surface area contributed by atoms with Crippen molar-refractivity contribution in [3.05, 3.63) is 29.8 Å². The number of ether oxygens (including phenoxy) is 2. The third-order valence-corrected chi connectivity index (χ3v) is 2.74. The average molecular weight is 267 g/mol. The Kier molecular flexibility index (Phi) is 5.81. The molecule has 104 valence electrons. The van der Waals surface area contributed by atoms with Gasteiger partial charge < -0.3 is 19.9 Å². The molecule has 2 atom stereocenters. The molecule has 2 unspecified atom stereocenters. The van der Waals surface area contributed by atoms with Crippen LogP contribution in [0.25, 0.3) is 0 Å². The Morgan fingerprint density at radius 3 is 2.79 bits per heavy atom. The molecule has 0 saturated heterocycles. The lowest BCUT2D eigenvalue weighted by Gasteiger charge is -2.23. The molecule has 0 aromatic heterocycles. The molecule has 0 fully saturated rings. The molecule has 0 aliphatic rings. The molecule has 0 radical (unpaired) electrons. The SMILES string of the molecule is CNC(Cc1cccc(O)c1)C(OC=O)C(=O)OC. The zero-order valence-electron chi connectivity index (χ0n) is 10.8. The predicted octanol–water partition coefficient (Wildman–Crippen LogP) is 0.237. The van der Waals surface area contributed by atoms with E-state index in [4.69, 9.17) is 4.74 Å². The van der Waals surface area contributed by atoms with Crippen LogP contribution in [0, 0.1) is 0 Å². The van der Waals surface area contributed by atoms with Gasteiger partial charge in [0.15, 0.2) is 0 Å². The van der Waals surface area contributed by atoms with Crippen molar-refractivity contribution in [2.75, 3.05) is 14.2 Å². The van der Waals surface area contributed by atoms with Gasteiger partial charge in [-0.15, -0.1) is 0 Å². The lowest BCUT2D eigenvalue weighted by Crippen LogP contribution is -2.46. The molecular weight excluding hydrogens is 250 g/mol. The van der Waals surface area contributed by atoms with Crippen molar-refractivity contribution >= 4 is 12.4 Å². The Bertz CT molecular complexity index is 435. The van der Waals surface area contributed by atoms with Crippen molar-refractivity contribution in [3.8, 4) is 5.75 Å². The summed E-state index contributed by atoms with van der Waals surface area (Å²) in [6, 6.07) is 6.20. The van der Waals surface area contributed by atoms with E-state index in [2.05, 4.69) is 10.1 Å². The van der Waals surface area contributed by atoms with Gasteiger partial charge in [0.05, 0.1) is 13.2 Å². The van der Waals surface area contributed by atoms with E-state index in [1.54, 1.807) is 31.3 Å². The smallest absolute Gasteiger partial charge is 0.348 e. The molecule has 1 aromatic rings. The molecule has 0 heterocycles. The Morgan fingerprint density at radius 2 is 2.26 bits per heavy atom. The van der Waals surface area contributed by atoms with Crippen LogP contribution in [0.4, 0.5) is 0 Å². The predicted molar refractivity (Wildman–Crippen MR) is 67.6 cm³/mol. The minimum atomic E-state index is -1.03. The number of methoxy groups -OCH3 is 1. The summed E-state index contributed by atoms with van der Waals surface area (Å²) in [5.74, 6) is -0.495. The van der Waals surface area contributed by atoms with Crippen LogP contribution in [0.1, 0.15) is 5.56 Å². The number of carbonyl (C=O) groups excluding carboxylic acids is 2. The second-order valence-corrected chi connectivity index (χ2v) is 3.95. The van der Waals surface area contributed by atoms with Crippen LogP contribution in [0.5, 0.6) is 5.75 Å². The third-order valence-electron chi connectivity index (χ3n) is 2.74. The number of esters is 1. The number of rotatable bonds is 7. The first-order valence-electron chi connectivity index (χ1n) is 5.74. The van der Waals surface area contributed by atoms with Gasteiger partial charge in [-0.25, -0.2) is 4.79 Å². The maximum Gasteiger partial charge on any atom is 0.348 e. The molecule has 19 heavy (non-hydrogen) atoms. The van der Waals surface area contributed by atoms with Crippen molar-refractivity contribution in [2.24, 2.45) is 0 Å². The molecule has 0 bridgehead atoms. The van der Waals surface area contributed by atoms with E-state index in [0.717, 1.165) is 5.56 Å². The second-order valence-electron chi connectivity index (χ2n) is 3.95. The van der Waals surface area contributed by atoms with E-state index < -0.39 is 18.1 Å². The number of aromatic hydroxyl groups is 1. The van der Waals surface area contributed by atoms with E-state index in [0.29, 0.717) is 6.42 Å². The summed E-state index contributed by atoms with van der Waals surface area (Å²) in [7, 11) is 2.88. The quantitative estimate of drug-likeness (QED) is 0.543. The van der Waals surface area contributed by atoms with Crippen molar-refractivity contribution in [2.45, 2.75) is 18.6 Å². The molecule has 6 heteroatoms. The van der Waals surface area contributed by atoms with Crippen LogP contribution in [0.2, 0.25) is 0 Å². The van der Waals surface area contributed by atoms with Gasteiger partial charge in [0.1, 0.15) is 5.75 Å². The van der Waals surface area contributed by atoms with Gasteiger partial charge >= 0.3 is 5.97 Å². The first kappa shape index (κ1) is 15.0. The zero-order chi connectivity index (χ0) is 14.3. The number of likely N-dealkylation sites (N-methyl/N-ethyl adjacent to an activating group) is 1. The number of phenolic OH excluding ortho intramolecular Hbond substituents is 1. The van der Waals surface area contributed by atoms with E-state index >= 15 is 0 Å². The number of carbonyl (C=O) groups is 2. The van der Waals surface area contributed by atoms with Crippen molar-refractivity contribution in [1.29, 1.82) is 0 Å². The molecule has 6 nitrogen and oxygen atoms in total. The molecule has 0 amide bonds. The monoisotopic (exact) mass is 267 g/mol. The largest absolute Gasteiger partial charge is 0.508 e. The number of nitrogens with one attached hydrogen (secondary N) is 1. The molecule has 1 rings (SSSR count). The second kappa shape index (κ2) is 7.38. The number of hydrogen-bond acceptors (Lipinski definition) is 6. The summed E-state index contributed by atoms with van der Waals surface area (Å²) < 4.78 is 9.37. The van der Waals surface area contributed by atoms with Gasteiger partial charge in [-0.1, -0.05) is 12.1 Å². The summed E-state index contributed by atoms with van der Waals surface area (Å²) >= 11 is 0. The summed E-state index contributed by atoms with van der Waals surface area (Å²) in [4.78, 5) is 22.0. The van der Waals surface area contributed by atoms with Crippen molar-refractivity contribution < 1.29 is 24.2 Å². The standard InChI is InChI=1S/C13H17NO5/c1-14-11(12(19-8-15)13(17)18-2)7-9-4-3-5-10(16)6-9/h3-6,8,11-12,14,16H,7H2,1-2H3. The fourth-order valence-corrected chi connectivity index (χ4v) is 1.79. The maximum atomic E-state index is 11.6. The van der Waals surface area contributed by atoms with Crippen LogP contribution in [0.3, 0.4) is 0 Å². The first-order valence-corrected chi connectivity index (χ1v) is 5.74. The van der Waals surface area contributed by atoms with E-state index in [1.165, 1.54) is 7.11 Å². The lowest BCUT2D eigenvalue weighted by molar-refractivity contribution is -0.161. The summed E-state index contributed by atoms with van der Waals surface area (Å²) in [5.41, 5.74) is 0.808. The average Bonchev–Trinajstić information content (AvgIpc) is 2.42. The lowest BCUT2D eigenvalue weighted by atomic mass is 10.0. The van der Waals surface area contributed by atoms with Crippen LogP contribution in [-0.2, 0) is 25.5 Å². The maximum absolute atomic E-state index is 11.6. The summed E-state index contributed by atoms with van der Waals surface area (Å²) in [6.45, 7) is 0.217. The number of benzene rings is 1. The Labute approximate surface area is 111 Å². The Hall–Kier alpha value is -2.08. The van der Waals surface area contributed by atoms with Crippen LogP contribution in [0.15, 0.2) is 24.3 Å². The van der Waals surface area contributed by atoms with Gasteiger partial charge in [0.25, 0.3) is 6.47 Å². The van der Waals surface area contributed by atoms with Crippen LogP contribution >= 0.6 is 0 Å². The molecular formula is C13H17NO5. The van der Waals surface area contributed by atoms with Crippen molar-refractivity contribution in [3.63, 3.8) is 0 Å². The molecule has 0 saturated carbocycles. The van der Waals surface area contributed by atoms with E-state index in [1.807, 2.05) is 0 Å². The van der Waals surface area contributed by atoms with Gasteiger partial charge in [0, 0.05) is 0 Å². The summed E-state index contributed by atoms with van der Waals surface area (Å²) in [5, 5.41) is 12.3. The third kappa shape index (κ3) is 4.26. The van der Waals surface area contributed by atoms with E-state index in [9.17, 15) is 14.7 Å². The highest BCUT2D eigenvalue weighted by atomic mass is 16.6. The zero-order valence-corrected chi connectivity index (χ0v) is 10.8. The van der Waals surface area contributed by atoms with Crippen LogP contribution < -0.4 is 5.32 Å². The minimum Gasteiger partial charge on any atom is -0.508 e. The highest BCUT2D eigenvalue weighted by Crippen LogP contribution is 2.15. The fraction of sp³-hybridized carbons (Fsp3) is 0.385. The highest BCUT2D eigenvalue weighted by Gasteiger charge is 2.30. The topological polar surface area (TPSA) is 84.9 Å². The molecule has 0 aliphatic carbocycles. The molecule has 0 aliphatic heterocycles.